The standard InChI is InChI=1S/C14H15NO2S2/c1-14(2,13(16)17)11-8-19-12(15-11)9-18-10-6-4-3-5-7-10/h3-8H,9H2,1-2H3,(H,16,17). The Balaban J connectivity index is 2.04. The van der Waals surface area contributed by atoms with E-state index in [0.29, 0.717) is 5.69 Å². The second kappa shape index (κ2) is 5.75. The molecular formula is C14H15NO2S2. The number of hydrogen-bond donors (Lipinski definition) is 1. The van der Waals surface area contributed by atoms with E-state index in [0.717, 1.165) is 10.8 Å². The molecule has 0 aliphatic heterocycles. The largest absolute Gasteiger partial charge is 0.481 e. The lowest BCUT2D eigenvalue weighted by Crippen LogP contribution is -2.28. The zero-order valence-electron chi connectivity index (χ0n) is 10.8. The van der Waals surface area contributed by atoms with Gasteiger partial charge in [0.15, 0.2) is 0 Å². The number of nitrogens with zero attached hydrogens (tertiary/aromatic N) is 1. The number of carboxylic acids is 1. The number of aliphatic carboxylic acids is 1. The van der Waals surface area contributed by atoms with Crippen molar-refractivity contribution in [3.63, 3.8) is 0 Å². The smallest absolute Gasteiger partial charge is 0.315 e. The van der Waals surface area contributed by atoms with Crippen LogP contribution in [-0.2, 0) is 16.0 Å². The Morgan fingerprint density at radius 3 is 2.68 bits per heavy atom. The topological polar surface area (TPSA) is 50.2 Å². The average Bonchev–Trinajstić information content (AvgIpc) is 2.87. The first-order valence-electron chi connectivity index (χ1n) is 5.86. The van der Waals surface area contributed by atoms with Crippen molar-refractivity contribution in [1.82, 2.24) is 4.98 Å². The fraction of sp³-hybridized carbons (Fsp3) is 0.286. The molecule has 100 valence electrons. The van der Waals surface area contributed by atoms with E-state index in [1.54, 1.807) is 25.6 Å². The summed E-state index contributed by atoms with van der Waals surface area (Å²) >= 11 is 3.22. The van der Waals surface area contributed by atoms with Crippen LogP contribution in [0.3, 0.4) is 0 Å². The van der Waals surface area contributed by atoms with Gasteiger partial charge in [-0.1, -0.05) is 18.2 Å². The van der Waals surface area contributed by atoms with Crippen molar-refractivity contribution in [3.05, 3.63) is 46.4 Å². The Bertz CT molecular complexity index is 564. The van der Waals surface area contributed by atoms with Crippen LogP contribution < -0.4 is 0 Å². The number of rotatable bonds is 5. The Hall–Kier alpha value is -1.33. The molecule has 2 rings (SSSR count). The van der Waals surface area contributed by atoms with E-state index < -0.39 is 11.4 Å². The number of hydrogen-bond acceptors (Lipinski definition) is 4. The van der Waals surface area contributed by atoms with Crippen LogP contribution in [0.1, 0.15) is 24.5 Å². The number of thioether (sulfide) groups is 1. The first-order chi connectivity index (χ1) is 9.00. The molecule has 0 radical (unpaired) electrons. The van der Waals surface area contributed by atoms with Crippen molar-refractivity contribution in [2.75, 3.05) is 0 Å². The van der Waals surface area contributed by atoms with Crippen LogP contribution in [0.5, 0.6) is 0 Å². The second-order valence-corrected chi connectivity index (χ2v) is 6.65. The number of benzene rings is 1. The summed E-state index contributed by atoms with van der Waals surface area (Å²) in [6.45, 7) is 3.36. The molecule has 0 unspecified atom stereocenters. The molecule has 1 N–H and O–H groups in total. The first kappa shape index (κ1) is 14.1. The van der Waals surface area contributed by atoms with Crippen LogP contribution in [0, 0.1) is 0 Å². The summed E-state index contributed by atoms with van der Waals surface area (Å²) in [5, 5.41) is 12.0. The van der Waals surface area contributed by atoms with Crippen molar-refractivity contribution in [2.45, 2.75) is 29.9 Å². The number of carbonyl (C=O) groups is 1. The zero-order chi connectivity index (χ0) is 13.9. The number of thiazole rings is 1. The van der Waals surface area contributed by atoms with E-state index in [1.807, 2.05) is 23.6 Å². The predicted octanol–water partition coefficient (Wildman–Crippen LogP) is 3.80. The lowest BCUT2D eigenvalue weighted by molar-refractivity contribution is -0.142. The highest BCUT2D eigenvalue weighted by Crippen LogP contribution is 2.28. The van der Waals surface area contributed by atoms with Crippen LogP contribution in [-0.4, -0.2) is 16.1 Å². The zero-order valence-corrected chi connectivity index (χ0v) is 12.4. The molecule has 0 aliphatic carbocycles. The van der Waals surface area contributed by atoms with E-state index in [1.165, 1.54) is 16.2 Å². The molecule has 5 heteroatoms. The summed E-state index contributed by atoms with van der Waals surface area (Å²) in [5.41, 5.74) is -0.291. The van der Waals surface area contributed by atoms with Gasteiger partial charge in [0.25, 0.3) is 0 Å². The molecule has 0 amide bonds. The van der Waals surface area contributed by atoms with Gasteiger partial charge in [0, 0.05) is 10.3 Å². The molecule has 0 spiro atoms. The summed E-state index contributed by atoms with van der Waals surface area (Å²) in [6, 6.07) is 10.1. The Morgan fingerprint density at radius 1 is 1.37 bits per heavy atom. The molecule has 2 aromatic rings. The first-order valence-corrected chi connectivity index (χ1v) is 7.73. The van der Waals surface area contributed by atoms with Crippen molar-refractivity contribution >= 4 is 29.1 Å². The highest BCUT2D eigenvalue weighted by atomic mass is 32.2. The Labute approximate surface area is 120 Å². The number of aromatic nitrogens is 1. The molecule has 3 nitrogen and oxygen atoms in total. The number of carboxylic acid groups (broad SMARTS) is 1. The molecule has 0 fully saturated rings. The van der Waals surface area contributed by atoms with Gasteiger partial charge in [0.05, 0.1) is 11.4 Å². The van der Waals surface area contributed by atoms with Crippen LogP contribution in [0.15, 0.2) is 40.6 Å². The molecular weight excluding hydrogens is 278 g/mol. The third-order valence-electron chi connectivity index (χ3n) is 2.83. The molecule has 0 aliphatic rings. The van der Waals surface area contributed by atoms with E-state index in [9.17, 15) is 9.90 Å². The third kappa shape index (κ3) is 3.36. The minimum absolute atomic E-state index is 0.633. The average molecular weight is 293 g/mol. The van der Waals surface area contributed by atoms with Crippen molar-refractivity contribution in [2.24, 2.45) is 0 Å². The molecule has 1 aromatic carbocycles. The minimum atomic E-state index is -0.924. The van der Waals surface area contributed by atoms with Gasteiger partial charge in [0.1, 0.15) is 10.4 Å². The maximum absolute atomic E-state index is 11.2. The molecule has 0 saturated heterocycles. The van der Waals surface area contributed by atoms with E-state index in [2.05, 4.69) is 17.1 Å². The fourth-order valence-electron chi connectivity index (χ4n) is 1.44. The van der Waals surface area contributed by atoms with E-state index in [4.69, 9.17) is 0 Å². The summed E-state index contributed by atoms with van der Waals surface area (Å²) in [7, 11) is 0. The maximum Gasteiger partial charge on any atom is 0.315 e. The van der Waals surface area contributed by atoms with Gasteiger partial charge < -0.3 is 5.11 Å². The van der Waals surface area contributed by atoms with Gasteiger partial charge in [0.2, 0.25) is 0 Å². The molecule has 0 saturated carbocycles. The van der Waals surface area contributed by atoms with Gasteiger partial charge in [-0.05, 0) is 26.0 Å². The van der Waals surface area contributed by atoms with Crippen LogP contribution in [0.25, 0.3) is 0 Å². The van der Waals surface area contributed by atoms with Crippen LogP contribution in [0.2, 0.25) is 0 Å². The molecule has 0 bridgehead atoms. The van der Waals surface area contributed by atoms with Crippen LogP contribution in [0.4, 0.5) is 0 Å². The van der Waals surface area contributed by atoms with Crippen LogP contribution >= 0.6 is 23.1 Å². The molecule has 1 aromatic heterocycles. The SMILES string of the molecule is CC(C)(C(=O)O)c1csc(CSc2ccccc2)n1. The van der Waals surface area contributed by atoms with Crippen molar-refractivity contribution in [1.29, 1.82) is 0 Å². The van der Waals surface area contributed by atoms with Gasteiger partial charge in [-0.2, -0.15) is 0 Å². The quantitative estimate of drug-likeness (QED) is 0.852. The van der Waals surface area contributed by atoms with Gasteiger partial charge in [-0.3, -0.25) is 4.79 Å². The summed E-state index contributed by atoms with van der Waals surface area (Å²) in [4.78, 5) is 16.8. The molecule has 1 heterocycles. The van der Waals surface area contributed by atoms with Gasteiger partial charge >= 0.3 is 5.97 Å². The molecule has 0 atom stereocenters. The Morgan fingerprint density at radius 2 is 2.05 bits per heavy atom. The van der Waals surface area contributed by atoms with Crippen molar-refractivity contribution in [3.8, 4) is 0 Å². The summed E-state index contributed by atoms with van der Waals surface area (Å²) in [6.07, 6.45) is 0. The predicted molar refractivity (Wildman–Crippen MR) is 78.8 cm³/mol. The third-order valence-corrected chi connectivity index (χ3v) is 4.89. The van der Waals surface area contributed by atoms with Gasteiger partial charge in [-0.25, -0.2) is 4.98 Å². The minimum Gasteiger partial charge on any atom is -0.481 e. The van der Waals surface area contributed by atoms with E-state index in [-0.39, 0.29) is 0 Å². The highest BCUT2D eigenvalue weighted by molar-refractivity contribution is 7.98. The normalized spacial score (nSPS) is 11.5. The maximum atomic E-state index is 11.2. The second-order valence-electron chi connectivity index (χ2n) is 4.66. The summed E-state index contributed by atoms with van der Waals surface area (Å²) in [5.74, 6) is -0.0789. The van der Waals surface area contributed by atoms with Crippen molar-refractivity contribution < 1.29 is 9.90 Å². The van der Waals surface area contributed by atoms with E-state index >= 15 is 0 Å². The lowest BCUT2D eigenvalue weighted by atomic mass is 9.90. The van der Waals surface area contributed by atoms with Gasteiger partial charge in [-0.15, -0.1) is 23.1 Å². The highest BCUT2D eigenvalue weighted by Gasteiger charge is 2.31. The monoisotopic (exact) mass is 293 g/mol. The summed E-state index contributed by atoms with van der Waals surface area (Å²) < 4.78 is 0. The fourth-order valence-corrected chi connectivity index (χ4v) is 3.33. The Kier molecular flexibility index (Phi) is 4.27. The molecule has 19 heavy (non-hydrogen) atoms. The lowest BCUT2D eigenvalue weighted by Gasteiger charge is -2.15.